The molecule has 0 spiro atoms. The molecule has 0 radical (unpaired) electrons. The number of aryl methyl sites for hydroxylation is 2. The first-order valence-electron chi connectivity index (χ1n) is 6.64. The van der Waals surface area contributed by atoms with Gasteiger partial charge >= 0.3 is 5.97 Å². The third kappa shape index (κ3) is 3.28. The summed E-state index contributed by atoms with van der Waals surface area (Å²) in [5.41, 5.74) is 3.03. The number of benzene rings is 2. The smallest absolute Gasteiger partial charge is 0.337 e. The zero-order chi connectivity index (χ0) is 16.3. The number of esters is 1. The van der Waals surface area contributed by atoms with Crippen LogP contribution in [0.5, 0.6) is 0 Å². The average molecular weight is 319 g/mol. The summed E-state index contributed by atoms with van der Waals surface area (Å²) in [6, 6.07) is 11.9. The van der Waals surface area contributed by atoms with Gasteiger partial charge in [-0.3, -0.25) is 0 Å². The monoisotopic (exact) mass is 319 g/mol. The first-order chi connectivity index (χ1) is 10.4. The molecule has 0 saturated carbocycles. The van der Waals surface area contributed by atoms with Crippen molar-refractivity contribution >= 4 is 28.2 Å². The van der Waals surface area contributed by atoms with Gasteiger partial charge in [-0.2, -0.15) is 0 Å². The van der Waals surface area contributed by atoms with Gasteiger partial charge in [-0.05, 0) is 43.7 Å². The van der Waals surface area contributed by atoms with Crippen LogP contribution in [0.15, 0.2) is 42.5 Å². The standard InChI is InChI=1S/C16H17NO4S/c1-11-4-8-14(9-5-11)17(22(19)20)15-10-13(16(18)21-3)7-6-12(15)2/h4-10,22H,1-3H3. The van der Waals surface area contributed by atoms with Crippen LogP contribution in [0.25, 0.3) is 0 Å². The van der Waals surface area contributed by atoms with Crippen LogP contribution in [-0.2, 0) is 15.6 Å². The first kappa shape index (κ1) is 16.0. The Kier molecular flexibility index (Phi) is 4.82. The second kappa shape index (κ2) is 6.62. The van der Waals surface area contributed by atoms with Crippen LogP contribution in [0, 0.1) is 13.8 Å². The van der Waals surface area contributed by atoms with Crippen LogP contribution < -0.4 is 4.31 Å². The molecule has 0 unspecified atom stereocenters. The summed E-state index contributed by atoms with van der Waals surface area (Å²) in [6.45, 7) is 3.71. The minimum absolute atomic E-state index is 0.303. The van der Waals surface area contributed by atoms with Gasteiger partial charge in [-0.15, -0.1) is 0 Å². The number of carbonyl (C=O) groups excluding carboxylic acids is 1. The Morgan fingerprint density at radius 2 is 1.68 bits per heavy atom. The molecule has 0 aromatic heterocycles. The van der Waals surface area contributed by atoms with Gasteiger partial charge in [0.15, 0.2) is 0 Å². The summed E-state index contributed by atoms with van der Waals surface area (Å²) in [4.78, 5) is 11.7. The SMILES string of the molecule is COC(=O)c1ccc(C)c(N(c2ccc(C)cc2)[SH](=O)=O)c1. The Morgan fingerprint density at radius 3 is 2.23 bits per heavy atom. The van der Waals surface area contributed by atoms with Crippen molar-refractivity contribution in [1.82, 2.24) is 0 Å². The van der Waals surface area contributed by atoms with E-state index >= 15 is 0 Å². The Labute approximate surface area is 131 Å². The molecule has 2 rings (SSSR count). The van der Waals surface area contributed by atoms with Crippen LogP contribution in [0.2, 0.25) is 0 Å². The van der Waals surface area contributed by atoms with Crippen molar-refractivity contribution < 1.29 is 17.9 Å². The van der Waals surface area contributed by atoms with E-state index in [0.29, 0.717) is 16.9 Å². The molecule has 0 aliphatic carbocycles. The molecule has 0 bridgehead atoms. The zero-order valence-corrected chi connectivity index (χ0v) is 13.5. The third-order valence-electron chi connectivity index (χ3n) is 3.30. The van der Waals surface area contributed by atoms with Crippen molar-refractivity contribution in [2.75, 3.05) is 11.4 Å². The maximum absolute atomic E-state index is 11.7. The molecule has 0 atom stereocenters. The zero-order valence-electron chi connectivity index (χ0n) is 12.6. The Hall–Kier alpha value is -2.34. The topological polar surface area (TPSA) is 63.7 Å². The fourth-order valence-electron chi connectivity index (χ4n) is 2.09. The van der Waals surface area contributed by atoms with Crippen molar-refractivity contribution in [1.29, 1.82) is 0 Å². The molecule has 0 N–H and O–H groups in total. The van der Waals surface area contributed by atoms with E-state index in [2.05, 4.69) is 4.74 Å². The number of nitrogens with zero attached hydrogens (tertiary/aromatic N) is 1. The summed E-state index contributed by atoms with van der Waals surface area (Å²) >= 11 is 0. The van der Waals surface area contributed by atoms with Crippen LogP contribution in [-0.4, -0.2) is 21.5 Å². The summed E-state index contributed by atoms with van der Waals surface area (Å²) in [7, 11) is -1.61. The predicted octanol–water partition coefficient (Wildman–Crippen LogP) is 2.75. The first-order valence-corrected chi connectivity index (χ1v) is 7.77. The third-order valence-corrected chi connectivity index (χ3v) is 4.07. The number of thiol groups is 1. The number of ether oxygens (including phenoxy) is 1. The van der Waals surface area contributed by atoms with Gasteiger partial charge in [0, 0.05) is 0 Å². The Morgan fingerprint density at radius 1 is 1.05 bits per heavy atom. The summed E-state index contributed by atoms with van der Waals surface area (Å²) in [5, 5.41) is 0. The number of hydrogen-bond acceptors (Lipinski definition) is 4. The van der Waals surface area contributed by atoms with E-state index < -0.39 is 16.9 Å². The van der Waals surface area contributed by atoms with E-state index in [9.17, 15) is 13.2 Å². The fraction of sp³-hybridized carbons (Fsp3) is 0.188. The average Bonchev–Trinajstić information content (AvgIpc) is 2.50. The molecule has 0 aliphatic heterocycles. The van der Waals surface area contributed by atoms with Crippen LogP contribution in [0.3, 0.4) is 0 Å². The number of rotatable bonds is 4. The summed E-state index contributed by atoms with van der Waals surface area (Å²) in [5.74, 6) is -0.508. The minimum Gasteiger partial charge on any atom is -0.465 e. The molecule has 6 heteroatoms. The van der Waals surface area contributed by atoms with Crippen LogP contribution >= 0.6 is 0 Å². The number of hydrogen-bond donors (Lipinski definition) is 1. The van der Waals surface area contributed by atoms with Gasteiger partial charge in [0.2, 0.25) is 10.9 Å². The Bertz CT molecular complexity index is 758. The Balaban J connectivity index is 2.58. The van der Waals surface area contributed by atoms with Crippen molar-refractivity contribution in [3.63, 3.8) is 0 Å². The van der Waals surface area contributed by atoms with Gasteiger partial charge in [-0.25, -0.2) is 17.5 Å². The van der Waals surface area contributed by atoms with E-state index in [0.717, 1.165) is 11.1 Å². The highest BCUT2D eigenvalue weighted by Crippen LogP contribution is 2.30. The highest BCUT2D eigenvalue weighted by molar-refractivity contribution is 7.74. The molecule has 0 heterocycles. The fourth-order valence-corrected chi connectivity index (χ4v) is 2.80. The lowest BCUT2D eigenvalue weighted by Gasteiger charge is -2.20. The van der Waals surface area contributed by atoms with E-state index in [1.54, 1.807) is 31.2 Å². The lowest BCUT2D eigenvalue weighted by Crippen LogP contribution is -2.16. The molecular formula is C16H17NO4S. The van der Waals surface area contributed by atoms with Crippen molar-refractivity contribution in [3.05, 3.63) is 59.2 Å². The van der Waals surface area contributed by atoms with Crippen molar-refractivity contribution in [3.8, 4) is 0 Å². The van der Waals surface area contributed by atoms with Crippen LogP contribution in [0.4, 0.5) is 11.4 Å². The number of methoxy groups -OCH3 is 1. The highest BCUT2D eigenvalue weighted by Gasteiger charge is 2.17. The second-order valence-corrected chi connectivity index (χ2v) is 5.75. The molecule has 22 heavy (non-hydrogen) atoms. The normalized spacial score (nSPS) is 10.5. The second-order valence-electron chi connectivity index (χ2n) is 4.88. The largest absolute Gasteiger partial charge is 0.465 e. The van der Waals surface area contributed by atoms with E-state index in [-0.39, 0.29) is 0 Å². The number of carbonyl (C=O) groups is 1. The minimum atomic E-state index is -2.90. The lowest BCUT2D eigenvalue weighted by atomic mass is 10.1. The molecule has 0 saturated heterocycles. The van der Waals surface area contributed by atoms with E-state index in [1.165, 1.54) is 17.5 Å². The van der Waals surface area contributed by atoms with Crippen molar-refractivity contribution in [2.24, 2.45) is 0 Å². The van der Waals surface area contributed by atoms with Gasteiger partial charge in [0.25, 0.3) is 0 Å². The molecule has 2 aromatic rings. The maximum Gasteiger partial charge on any atom is 0.337 e. The van der Waals surface area contributed by atoms with E-state index in [1.807, 2.05) is 19.1 Å². The van der Waals surface area contributed by atoms with Gasteiger partial charge in [0.1, 0.15) is 0 Å². The van der Waals surface area contributed by atoms with E-state index in [4.69, 9.17) is 0 Å². The predicted molar refractivity (Wildman–Crippen MR) is 86.2 cm³/mol. The van der Waals surface area contributed by atoms with Gasteiger partial charge < -0.3 is 4.74 Å². The molecule has 2 aromatic carbocycles. The van der Waals surface area contributed by atoms with Crippen molar-refractivity contribution in [2.45, 2.75) is 13.8 Å². The summed E-state index contributed by atoms with van der Waals surface area (Å²) < 4.78 is 29.3. The molecule has 5 nitrogen and oxygen atoms in total. The molecular weight excluding hydrogens is 302 g/mol. The summed E-state index contributed by atoms with van der Waals surface area (Å²) in [6.07, 6.45) is 0. The lowest BCUT2D eigenvalue weighted by molar-refractivity contribution is 0.0601. The molecule has 0 aliphatic rings. The molecule has 0 fully saturated rings. The van der Waals surface area contributed by atoms with Gasteiger partial charge in [0.05, 0.1) is 24.0 Å². The number of anilines is 2. The molecule has 116 valence electrons. The maximum atomic E-state index is 11.7. The quantitative estimate of drug-likeness (QED) is 0.695. The van der Waals surface area contributed by atoms with Gasteiger partial charge in [-0.1, -0.05) is 23.8 Å². The van der Waals surface area contributed by atoms with Crippen LogP contribution in [0.1, 0.15) is 21.5 Å². The molecule has 0 amide bonds. The highest BCUT2D eigenvalue weighted by atomic mass is 32.2.